The summed E-state index contributed by atoms with van der Waals surface area (Å²) in [5, 5.41) is 0. The van der Waals surface area contributed by atoms with E-state index in [1.165, 1.54) is 4.90 Å². The maximum Gasteiger partial charge on any atom is 0.228 e. The van der Waals surface area contributed by atoms with Gasteiger partial charge in [0.05, 0.1) is 5.92 Å². The van der Waals surface area contributed by atoms with Crippen LogP contribution in [0.1, 0.15) is 39.2 Å². The lowest BCUT2D eigenvalue weighted by atomic mass is 10.1. The van der Waals surface area contributed by atoms with Crippen molar-refractivity contribution in [2.45, 2.75) is 51.1 Å². The normalized spacial score (nSPS) is 17.6. The van der Waals surface area contributed by atoms with E-state index < -0.39 is 0 Å². The van der Waals surface area contributed by atoms with E-state index in [9.17, 15) is 9.59 Å². The van der Waals surface area contributed by atoms with Crippen LogP contribution in [0.15, 0.2) is 29.2 Å². The maximum atomic E-state index is 12.9. The fourth-order valence-corrected chi connectivity index (χ4v) is 3.55. The van der Waals surface area contributed by atoms with Gasteiger partial charge in [-0.2, -0.15) is 0 Å². The first-order chi connectivity index (χ1) is 11.5. The van der Waals surface area contributed by atoms with E-state index in [1.54, 1.807) is 11.8 Å². The molecule has 0 bridgehead atoms. The minimum atomic E-state index is -0.197. The third kappa shape index (κ3) is 4.53. The molecule has 1 aromatic carbocycles. The van der Waals surface area contributed by atoms with Crippen molar-refractivity contribution >= 4 is 23.6 Å². The van der Waals surface area contributed by atoms with Crippen LogP contribution in [0, 0.1) is 5.92 Å². The Morgan fingerprint density at radius 3 is 2.50 bits per heavy atom. The fraction of sp³-hybridized carbons (Fsp3) is 0.579. The average Bonchev–Trinajstić information content (AvgIpc) is 2.96. The highest BCUT2D eigenvalue weighted by Crippen LogP contribution is 2.23. The molecule has 24 heavy (non-hydrogen) atoms. The summed E-state index contributed by atoms with van der Waals surface area (Å²) in [7, 11) is 0. The molecule has 2 rings (SSSR count). The Hall–Kier alpha value is -1.49. The molecular formula is C19H28N2O2S. The summed E-state index contributed by atoms with van der Waals surface area (Å²) in [4.78, 5) is 30.0. The van der Waals surface area contributed by atoms with Crippen molar-refractivity contribution in [2.75, 3.05) is 19.3 Å². The zero-order valence-electron chi connectivity index (χ0n) is 15.1. The van der Waals surface area contributed by atoms with Gasteiger partial charge in [0.15, 0.2) is 0 Å². The molecule has 0 N–H and O–H groups in total. The number of hydrogen-bond acceptors (Lipinski definition) is 3. The van der Waals surface area contributed by atoms with Gasteiger partial charge in [0.1, 0.15) is 0 Å². The summed E-state index contributed by atoms with van der Waals surface area (Å²) in [6, 6.07) is 8.51. The molecule has 1 atom stereocenters. The van der Waals surface area contributed by atoms with E-state index in [0.717, 1.165) is 18.5 Å². The van der Waals surface area contributed by atoms with E-state index in [1.807, 2.05) is 23.6 Å². The lowest BCUT2D eigenvalue weighted by Crippen LogP contribution is -2.38. The number of thioether (sulfide) groups is 1. The van der Waals surface area contributed by atoms with E-state index in [2.05, 4.69) is 37.4 Å². The van der Waals surface area contributed by atoms with Crippen molar-refractivity contribution < 1.29 is 9.59 Å². The average molecular weight is 349 g/mol. The van der Waals surface area contributed by atoms with E-state index in [-0.39, 0.29) is 23.8 Å². The lowest BCUT2D eigenvalue weighted by Gasteiger charge is -2.26. The van der Waals surface area contributed by atoms with Crippen molar-refractivity contribution in [3.63, 3.8) is 0 Å². The molecular weight excluding hydrogens is 320 g/mol. The van der Waals surface area contributed by atoms with Gasteiger partial charge in [-0.3, -0.25) is 9.59 Å². The number of likely N-dealkylation sites (tertiary alicyclic amines) is 1. The topological polar surface area (TPSA) is 40.6 Å². The predicted octanol–water partition coefficient (Wildman–Crippen LogP) is 3.40. The highest BCUT2D eigenvalue weighted by molar-refractivity contribution is 7.98. The molecule has 2 amide bonds. The smallest absolute Gasteiger partial charge is 0.228 e. The lowest BCUT2D eigenvalue weighted by molar-refractivity contribution is -0.136. The zero-order chi connectivity index (χ0) is 17.7. The number of benzene rings is 1. The third-order valence-corrected chi connectivity index (χ3v) is 5.21. The maximum absolute atomic E-state index is 12.9. The van der Waals surface area contributed by atoms with Crippen molar-refractivity contribution in [3.8, 4) is 0 Å². The second-order valence-electron chi connectivity index (χ2n) is 6.65. The first kappa shape index (κ1) is 18.8. The molecule has 0 aliphatic carbocycles. The number of rotatable bonds is 7. The van der Waals surface area contributed by atoms with Gasteiger partial charge in [-0.05, 0) is 44.2 Å². The van der Waals surface area contributed by atoms with Gasteiger partial charge in [0, 0.05) is 37.0 Å². The highest BCUT2D eigenvalue weighted by Gasteiger charge is 2.37. The Bertz CT molecular complexity index is 571. The molecule has 5 heteroatoms. The fourth-order valence-electron chi connectivity index (χ4n) is 3.14. The van der Waals surface area contributed by atoms with Crippen LogP contribution < -0.4 is 0 Å². The molecule has 132 valence electrons. The highest BCUT2D eigenvalue weighted by atomic mass is 32.2. The molecule has 1 aliphatic rings. The van der Waals surface area contributed by atoms with E-state index in [0.29, 0.717) is 19.5 Å². The molecule has 1 heterocycles. The molecule has 4 nitrogen and oxygen atoms in total. The predicted molar refractivity (Wildman–Crippen MR) is 98.9 cm³/mol. The van der Waals surface area contributed by atoms with Crippen LogP contribution >= 0.6 is 11.8 Å². The Balaban J connectivity index is 2.06. The Labute approximate surface area is 149 Å². The van der Waals surface area contributed by atoms with Gasteiger partial charge in [-0.25, -0.2) is 0 Å². The first-order valence-corrected chi connectivity index (χ1v) is 9.89. The number of carbonyl (C=O) groups excluding carboxylic acids is 2. The van der Waals surface area contributed by atoms with Crippen molar-refractivity contribution in [1.29, 1.82) is 0 Å². The Kier molecular flexibility index (Phi) is 6.72. The number of hydrogen-bond donors (Lipinski definition) is 0. The summed E-state index contributed by atoms with van der Waals surface area (Å²) in [6.07, 6.45) is 3.32. The largest absolute Gasteiger partial charge is 0.339 e. The monoisotopic (exact) mass is 348 g/mol. The van der Waals surface area contributed by atoms with Crippen LogP contribution in [0.25, 0.3) is 0 Å². The van der Waals surface area contributed by atoms with Crippen LogP contribution in [-0.2, 0) is 16.1 Å². The quantitative estimate of drug-likeness (QED) is 0.709. The summed E-state index contributed by atoms with van der Waals surface area (Å²) < 4.78 is 0. The van der Waals surface area contributed by atoms with Gasteiger partial charge in [-0.15, -0.1) is 11.8 Å². The Morgan fingerprint density at radius 1 is 1.33 bits per heavy atom. The van der Waals surface area contributed by atoms with E-state index in [4.69, 9.17) is 0 Å². The summed E-state index contributed by atoms with van der Waals surface area (Å²) >= 11 is 1.71. The van der Waals surface area contributed by atoms with Crippen molar-refractivity contribution in [1.82, 2.24) is 9.80 Å². The van der Waals surface area contributed by atoms with Crippen LogP contribution in [0.5, 0.6) is 0 Å². The van der Waals surface area contributed by atoms with Gasteiger partial charge in [0.2, 0.25) is 11.8 Å². The molecule has 0 radical (unpaired) electrons. The molecule has 1 fully saturated rings. The summed E-state index contributed by atoms with van der Waals surface area (Å²) in [6.45, 7) is 7.99. The summed E-state index contributed by atoms with van der Waals surface area (Å²) in [5.41, 5.74) is 1.14. The molecule has 0 unspecified atom stereocenters. The minimum Gasteiger partial charge on any atom is -0.339 e. The molecule has 1 aromatic rings. The van der Waals surface area contributed by atoms with Crippen LogP contribution in [-0.4, -0.2) is 47.0 Å². The SMILES string of the molecule is CCCN(Cc1ccc(SC)cc1)C(=O)[C@H]1CC(=O)N(C(C)C)C1. The number of nitrogens with zero attached hydrogens (tertiary/aromatic N) is 2. The van der Waals surface area contributed by atoms with Crippen LogP contribution in [0.3, 0.4) is 0 Å². The van der Waals surface area contributed by atoms with Crippen LogP contribution in [0.4, 0.5) is 0 Å². The standard InChI is InChI=1S/C19H28N2O2S/c1-5-10-20(12-15-6-8-17(24-4)9-7-15)19(23)16-11-18(22)21(13-16)14(2)3/h6-9,14,16H,5,10-13H2,1-4H3/t16-/m0/s1. The molecule has 0 aromatic heterocycles. The van der Waals surface area contributed by atoms with Gasteiger partial charge < -0.3 is 9.80 Å². The minimum absolute atomic E-state index is 0.101. The summed E-state index contributed by atoms with van der Waals surface area (Å²) in [5.74, 6) is 0.0170. The molecule has 1 saturated heterocycles. The molecule has 1 aliphatic heterocycles. The van der Waals surface area contributed by atoms with Crippen LogP contribution in [0.2, 0.25) is 0 Å². The van der Waals surface area contributed by atoms with Crippen molar-refractivity contribution in [3.05, 3.63) is 29.8 Å². The zero-order valence-corrected chi connectivity index (χ0v) is 15.9. The van der Waals surface area contributed by atoms with Gasteiger partial charge in [0.25, 0.3) is 0 Å². The number of amides is 2. The molecule has 0 saturated carbocycles. The second kappa shape index (κ2) is 8.56. The van der Waals surface area contributed by atoms with E-state index >= 15 is 0 Å². The van der Waals surface area contributed by atoms with Crippen molar-refractivity contribution in [2.24, 2.45) is 5.92 Å². The Morgan fingerprint density at radius 2 is 2.00 bits per heavy atom. The van der Waals surface area contributed by atoms with Gasteiger partial charge in [-0.1, -0.05) is 19.1 Å². The first-order valence-electron chi connectivity index (χ1n) is 8.67. The second-order valence-corrected chi connectivity index (χ2v) is 7.53. The third-order valence-electron chi connectivity index (χ3n) is 4.47. The number of carbonyl (C=O) groups is 2. The molecule has 0 spiro atoms. The van der Waals surface area contributed by atoms with Gasteiger partial charge >= 0.3 is 0 Å².